The van der Waals surface area contributed by atoms with Gasteiger partial charge >= 0.3 is 0 Å². The van der Waals surface area contributed by atoms with E-state index >= 15 is 0 Å². The number of methoxy groups -OCH3 is 1. The zero-order chi connectivity index (χ0) is 14.0. The van der Waals surface area contributed by atoms with Crippen LogP contribution in [0.1, 0.15) is 21.5 Å². The number of hydrogen-bond acceptors (Lipinski definition) is 3. The first-order valence-electron chi connectivity index (χ1n) is 5.77. The molecular weight excluding hydrogens is 306 g/mol. The SMILES string of the molecule is COc1ccc(Br)cc1C(=O)c1ccc(C)c(N)c1. The summed E-state index contributed by atoms with van der Waals surface area (Å²) in [6.45, 7) is 1.91. The van der Waals surface area contributed by atoms with Gasteiger partial charge in [-0.05, 0) is 36.8 Å². The Bertz CT molecular complexity index is 638. The van der Waals surface area contributed by atoms with E-state index in [-0.39, 0.29) is 5.78 Å². The molecule has 0 amide bonds. The number of hydrogen-bond donors (Lipinski definition) is 1. The Morgan fingerprint density at radius 3 is 2.58 bits per heavy atom. The summed E-state index contributed by atoms with van der Waals surface area (Å²) in [5, 5.41) is 0. The molecule has 0 heterocycles. The minimum atomic E-state index is -0.107. The van der Waals surface area contributed by atoms with Gasteiger partial charge in [-0.1, -0.05) is 28.1 Å². The van der Waals surface area contributed by atoms with E-state index in [0.717, 1.165) is 10.0 Å². The third-order valence-corrected chi connectivity index (χ3v) is 3.44. The lowest BCUT2D eigenvalue weighted by Gasteiger charge is -2.09. The second-order valence-electron chi connectivity index (χ2n) is 4.25. The van der Waals surface area contributed by atoms with E-state index in [1.165, 1.54) is 0 Å². The van der Waals surface area contributed by atoms with Crippen molar-refractivity contribution in [3.8, 4) is 5.75 Å². The fourth-order valence-electron chi connectivity index (χ4n) is 1.79. The fraction of sp³-hybridized carbons (Fsp3) is 0.133. The van der Waals surface area contributed by atoms with Crippen LogP contribution < -0.4 is 10.5 Å². The molecule has 2 N–H and O–H groups in total. The Labute approximate surface area is 120 Å². The Morgan fingerprint density at radius 2 is 1.95 bits per heavy atom. The third-order valence-electron chi connectivity index (χ3n) is 2.95. The summed E-state index contributed by atoms with van der Waals surface area (Å²) in [7, 11) is 1.55. The number of benzene rings is 2. The topological polar surface area (TPSA) is 52.3 Å². The van der Waals surface area contributed by atoms with Crippen molar-refractivity contribution >= 4 is 27.4 Å². The van der Waals surface area contributed by atoms with Crippen LogP contribution in [0.3, 0.4) is 0 Å². The van der Waals surface area contributed by atoms with Crippen LogP contribution in [0.2, 0.25) is 0 Å². The molecule has 0 spiro atoms. The number of nitrogen functional groups attached to an aromatic ring is 1. The maximum absolute atomic E-state index is 12.5. The number of ether oxygens (including phenoxy) is 1. The highest BCUT2D eigenvalue weighted by molar-refractivity contribution is 9.10. The second kappa shape index (κ2) is 5.45. The molecule has 0 bridgehead atoms. The van der Waals surface area contributed by atoms with Crippen LogP contribution in [0.5, 0.6) is 5.75 Å². The molecule has 0 unspecified atom stereocenters. The van der Waals surface area contributed by atoms with Gasteiger partial charge in [0.25, 0.3) is 0 Å². The molecule has 2 rings (SSSR count). The normalized spacial score (nSPS) is 10.3. The van der Waals surface area contributed by atoms with Crippen molar-refractivity contribution in [2.24, 2.45) is 0 Å². The Morgan fingerprint density at radius 1 is 1.21 bits per heavy atom. The number of rotatable bonds is 3. The molecule has 3 nitrogen and oxygen atoms in total. The van der Waals surface area contributed by atoms with Crippen LogP contribution in [0, 0.1) is 6.92 Å². The molecule has 19 heavy (non-hydrogen) atoms. The molecule has 0 fully saturated rings. The van der Waals surface area contributed by atoms with Gasteiger partial charge in [0.1, 0.15) is 5.75 Å². The van der Waals surface area contributed by atoms with Gasteiger partial charge in [-0.15, -0.1) is 0 Å². The monoisotopic (exact) mass is 319 g/mol. The summed E-state index contributed by atoms with van der Waals surface area (Å²) in [5.74, 6) is 0.442. The first kappa shape index (κ1) is 13.6. The number of aryl methyl sites for hydroxylation is 1. The van der Waals surface area contributed by atoms with Crippen molar-refractivity contribution in [1.29, 1.82) is 0 Å². The summed E-state index contributed by atoms with van der Waals surface area (Å²) < 4.78 is 6.05. The molecule has 0 atom stereocenters. The Kier molecular flexibility index (Phi) is 3.90. The molecule has 2 aromatic rings. The summed E-state index contributed by atoms with van der Waals surface area (Å²) in [4.78, 5) is 12.5. The van der Waals surface area contributed by atoms with Crippen molar-refractivity contribution in [3.05, 3.63) is 57.6 Å². The molecule has 0 aliphatic carbocycles. The summed E-state index contributed by atoms with van der Waals surface area (Å²) in [6.07, 6.45) is 0. The van der Waals surface area contributed by atoms with E-state index in [1.807, 2.05) is 19.1 Å². The van der Waals surface area contributed by atoms with Crippen LogP contribution in [-0.4, -0.2) is 12.9 Å². The molecule has 2 aromatic carbocycles. The number of halogens is 1. The van der Waals surface area contributed by atoms with Gasteiger partial charge in [0, 0.05) is 15.7 Å². The molecule has 0 aliphatic rings. The number of carbonyl (C=O) groups is 1. The number of anilines is 1. The van der Waals surface area contributed by atoms with E-state index < -0.39 is 0 Å². The molecule has 0 aromatic heterocycles. The van der Waals surface area contributed by atoms with Gasteiger partial charge in [0.05, 0.1) is 12.7 Å². The van der Waals surface area contributed by atoms with Crippen LogP contribution >= 0.6 is 15.9 Å². The first-order chi connectivity index (χ1) is 9.02. The standard InChI is InChI=1S/C15H14BrNO2/c1-9-3-4-10(7-13(9)17)15(18)12-8-11(16)5-6-14(12)19-2/h3-8H,17H2,1-2H3. The highest BCUT2D eigenvalue weighted by Crippen LogP contribution is 2.26. The highest BCUT2D eigenvalue weighted by Gasteiger charge is 2.15. The van der Waals surface area contributed by atoms with Gasteiger partial charge in [0.15, 0.2) is 5.78 Å². The van der Waals surface area contributed by atoms with Gasteiger partial charge < -0.3 is 10.5 Å². The number of ketones is 1. The Hall–Kier alpha value is -1.81. The van der Waals surface area contributed by atoms with Crippen molar-refractivity contribution in [2.45, 2.75) is 6.92 Å². The lowest BCUT2D eigenvalue weighted by Crippen LogP contribution is -2.05. The third kappa shape index (κ3) is 2.79. The van der Waals surface area contributed by atoms with Crippen LogP contribution in [-0.2, 0) is 0 Å². The predicted octanol–water partition coefficient (Wildman–Crippen LogP) is 3.58. The van der Waals surface area contributed by atoms with E-state index in [9.17, 15) is 4.79 Å². The van der Waals surface area contributed by atoms with E-state index in [2.05, 4.69) is 15.9 Å². The van der Waals surface area contributed by atoms with E-state index in [4.69, 9.17) is 10.5 Å². The first-order valence-corrected chi connectivity index (χ1v) is 6.56. The molecular formula is C15H14BrNO2. The average molecular weight is 320 g/mol. The van der Waals surface area contributed by atoms with Crippen molar-refractivity contribution in [2.75, 3.05) is 12.8 Å². The van der Waals surface area contributed by atoms with Gasteiger partial charge in [-0.2, -0.15) is 0 Å². The minimum absolute atomic E-state index is 0.107. The molecule has 98 valence electrons. The van der Waals surface area contributed by atoms with Crippen LogP contribution in [0.4, 0.5) is 5.69 Å². The molecule has 0 saturated heterocycles. The molecule has 0 aliphatic heterocycles. The summed E-state index contributed by atoms with van der Waals surface area (Å²) in [5.41, 5.74) is 8.48. The minimum Gasteiger partial charge on any atom is -0.496 e. The molecule has 4 heteroatoms. The lowest BCUT2D eigenvalue weighted by atomic mass is 10.0. The second-order valence-corrected chi connectivity index (χ2v) is 5.16. The van der Waals surface area contributed by atoms with Crippen molar-refractivity contribution in [1.82, 2.24) is 0 Å². The maximum Gasteiger partial charge on any atom is 0.196 e. The number of nitrogens with two attached hydrogens (primary N) is 1. The highest BCUT2D eigenvalue weighted by atomic mass is 79.9. The van der Waals surface area contributed by atoms with E-state index in [1.54, 1.807) is 31.4 Å². The van der Waals surface area contributed by atoms with Crippen molar-refractivity contribution < 1.29 is 9.53 Å². The number of carbonyl (C=O) groups excluding carboxylic acids is 1. The zero-order valence-electron chi connectivity index (χ0n) is 10.7. The summed E-state index contributed by atoms with van der Waals surface area (Å²) in [6, 6.07) is 10.6. The Balaban J connectivity index is 2.49. The molecule has 0 radical (unpaired) electrons. The quantitative estimate of drug-likeness (QED) is 0.695. The zero-order valence-corrected chi connectivity index (χ0v) is 12.3. The van der Waals surface area contributed by atoms with Gasteiger partial charge in [-0.3, -0.25) is 4.79 Å². The molecule has 0 saturated carbocycles. The largest absolute Gasteiger partial charge is 0.496 e. The average Bonchev–Trinajstić information content (AvgIpc) is 2.41. The van der Waals surface area contributed by atoms with Crippen LogP contribution in [0.25, 0.3) is 0 Å². The fourth-order valence-corrected chi connectivity index (χ4v) is 2.16. The summed E-state index contributed by atoms with van der Waals surface area (Å²) >= 11 is 3.36. The van der Waals surface area contributed by atoms with E-state index in [0.29, 0.717) is 22.6 Å². The predicted molar refractivity (Wildman–Crippen MR) is 79.7 cm³/mol. The van der Waals surface area contributed by atoms with Gasteiger partial charge in [-0.25, -0.2) is 0 Å². The van der Waals surface area contributed by atoms with Crippen molar-refractivity contribution in [3.63, 3.8) is 0 Å². The smallest absolute Gasteiger partial charge is 0.196 e. The maximum atomic E-state index is 12.5. The van der Waals surface area contributed by atoms with Gasteiger partial charge in [0.2, 0.25) is 0 Å². The van der Waals surface area contributed by atoms with Crippen LogP contribution in [0.15, 0.2) is 40.9 Å². The lowest BCUT2D eigenvalue weighted by molar-refractivity contribution is 0.103.